The van der Waals surface area contributed by atoms with E-state index in [-0.39, 0.29) is 5.75 Å². The highest BCUT2D eigenvalue weighted by atomic mass is 19.1. The highest BCUT2D eigenvalue weighted by molar-refractivity contribution is 6.01. The Morgan fingerprint density at radius 1 is 0.875 bits per heavy atom. The van der Waals surface area contributed by atoms with Crippen molar-refractivity contribution in [1.29, 1.82) is 0 Å². The molecule has 1 fully saturated rings. The molecule has 0 amide bonds. The van der Waals surface area contributed by atoms with Crippen LogP contribution in [-0.2, 0) is 6.54 Å². The van der Waals surface area contributed by atoms with Crippen LogP contribution in [0.4, 0.5) is 4.39 Å². The molecule has 0 bridgehead atoms. The SMILES string of the molecule is Oc1cc(F)cc(-c2cncc3[nH]c(-c4n[nH]c5cnc(-c6cncc(CNCC7CCCC7)c6)cc45)cc23)c1. The number of hydrogen-bond donors (Lipinski definition) is 4. The minimum Gasteiger partial charge on any atom is -0.508 e. The van der Waals surface area contributed by atoms with Gasteiger partial charge in [-0.1, -0.05) is 12.8 Å². The Hall–Kier alpha value is -4.63. The first-order valence-electron chi connectivity index (χ1n) is 13.6. The third-order valence-electron chi connectivity index (χ3n) is 7.77. The predicted molar refractivity (Wildman–Crippen MR) is 153 cm³/mol. The number of rotatable bonds is 7. The predicted octanol–water partition coefficient (Wildman–Crippen LogP) is 6.35. The molecule has 7 rings (SSSR count). The fourth-order valence-corrected chi connectivity index (χ4v) is 5.78. The van der Waals surface area contributed by atoms with Crippen LogP contribution in [0.15, 0.2) is 67.4 Å². The number of aromatic amines is 2. The van der Waals surface area contributed by atoms with Crippen molar-refractivity contribution in [3.05, 3.63) is 78.8 Å². The lowest BCUT2D eigenvalue weighted by atomic mass is 10.0. The third-order valence-corrected chi connectivity index (χ3v) is 7.77. The summed E-state index contributed by atoms with van der Waals surface area (Å²) in [6.07, 6.45) is 14.3. The molecule has 6 aromatic rings. The Labute approximate surface area is 229 Å². The molecule has 200 valence electrons. The standard InChI is InChI=1S/C31H28FN7O/c32-22-6-20(7-23(40)8-22)26-15-35-16-29-24(26)9-28(37-29)31-25-10-27(36-17-30(25)38-39-31)21-5-19(13-34-14-21)12-33-11-18-3-1-2-4-18/h5-10,13-18,33,37,40H,1-4,11-12H2,(H,38,39). The van der Waals surface area contributed by atoms with Crippen molar-refractivity contribution >= 4 is 21.8 Å². The van der Waals surface area contributed by atoms with Gasteiger partial charge in [0.25, 0.3) is 0 Å². The Morgan fingerprint density at radius 3 is 2.62 bits per heavy atom. The molecule has 0 unspecified atom stereocenters. The van der Waals surface area contributed by atoms with Crippen molar-refractivity contribution in [2.24, 2.45) is 5.92 Å². The van der Waals surface area contributed by atoms with Crippen molar-refractivity contribution in [3.8, 4) is 39.5 Å². The minimum absolute atomic E-state index is 0.135. The van der Waals surface area contributed by atoms with E-state index >= 15 is 0 Å². The van der Waals surface area contributed by atoms with Gasteiger partial charge in [0, 0.05) is 53.1 Å². The lowest BCUT2D eigenvalue weighted by molar-refractivity contribution is 0.469. The van der Waals surface area contributed by atoms with Gasteiger partial charge in [0.2, 0.25) is 0 Å². The van der Waals surface area contributed by atoms with E-state index in [4.69, 9.17) is 0 Å². The van der Waals surface area contributed by atoms with E-state index in [0.29, 0.717) is 11.1 Å². The zero-order valence-corrected chi connectivity index (χ0v) is 21.8. The van der Waals surface area contributed by atoms with Crippen molar-refractivity contribution in [2.45, 2.75) is 32.2 Å². The smallest absolute Gasteiger partial charge is 0.127 e. The molecule has 9 heteroatoms. The third kappa shape index (κ3) is 4.69. The minimum atomic E-state index is -0.510. The first-order chi connectivity index (χ1) is 19.6. The molecule has 4 N–H and O–H groups in total. The van der Waals surface area contributed by atoms with E-state index in [9.17, 15) is 9.50 Å². The molecular formula is C31H28FN7O. The number of aromatic nitrogens is 6. The van der Waals surface area contributed by atoms with E-state index in [1.54, 1.807) is 18.6 Å². The fourth-order valence-electron chi connectivity index (χ4n) is 5.78. The zero-order chi connectivity index (χ0) is 27.1. The largest absolute Gasteiger partial charge is 0.508 e. The number of fused-ring (bicyclic) bond motifs is 2. The van der Waals surface area contributed by atoms with Crippen LogP contribution in [0.3, 0.4) is 0 Å². The van der Waals surface area contributed by atoms with Crippen LogP contribution in [-0.4, -0.2) is 41.8 Å². The number of phenols is 1. The normalized spacial score (nSPS) is 14.0. The van der Waals surface area contributed by atoms with Crippen LogP contribution in [0.1, 0.15) is 31.2 Å². The van der Waals surface area contributed by atoms with Gasteiger partial charge in [-0.2, -0.15) is 5.10 Å². The summed E-state index contributed by atoms with van der Waals surface area (Å²) in [5.74, 6) is 0.144. The average Bonchev–Trinajstić information content (AvgIpc) is 3.71. The van der Waals surface area contributed by atoms with E-state index in [1.165, 1.54) is 37.8 Å². The second kappa shape index (κ2) is 10.2. The van der Waals surface area contributed by atoms with E-state index in [0.717, 1.165) is 75.1 Å². The summed E-state index contributed by atoms with van der Waals surface area (Å²) in [5, 5.41) is 22.9. The Bertz CT molecular complexity index is 1820. The summed E-state index contributed by atoms with van der Waals surface area (Å²) in [4.78, 5) is 16.9. The molecule has 0 spiro atoms. The van der Waals surface area contributed by atoms with Gasteiger partial charge in [-0.25, -0.2) is 4.39 Å². The lowest BCUT2D eigenvalue weighted by Gasteiger charge is -2.11. The number of phenolic OH excluding ortho intramolecular Hbond substituents is 1. The molecule has 1 aliphatic carbocycles. The van der Waals surface area contributed by atoms with Crippen molar-refractivity contribution in [1.82, 2.24) is 35.5 Å². The summed E-state index contributed by atoms with van der Waals surface area (Å²) in [5.41, 5.74) is 7.27. The van der Waals surface area contributed by atoms with Crippen molar-refractivity contribution in [2.75, 3.05) is 6.54 Å². The van der Waals surface area contributed by atoms with Gasteiger partial charge in [-0.3, -0.25) is 20.1 Å². The molecule has 1 aliphatic rings. The van der Waals surface area contributed by atoms with Crippen LogP contribution in [0.5, 0.6) is 5.75 Å². The van der Waals surface area contributed by atoms with Crippen molar-refractivity contribution < 1.29 is 9.50 Å². The van der Waals surface area contributed by atoms with Gasteiger partial charge >= 0.3 is 0 Å². The number of halogens is 1. The molecule has 5 heterocycles. The highest BCUT2D eigenvalue weighted by Crippen LogP contribution is 2.35. The number of aromatic hydroxyl groups is 1. The quantitative estimate of drug-likeness (QED) is 0.190. The molecule has 40 heavy (non-hydrogen) atoms. The second-order valence-corrected chi connectivity index (χ2v) is 10.6. The van der Waals surface area contributed by atoms with E-state index in [1.807, 2.05) is 24.5 Å². The van der Waals surface area contributed by atoms with Gasteiger partial charge in [0.1, 0.15) is 17.3 Å². The van der Waals surface area contributed by atoms with Gasteiger partial charge < -0.3 is 15.4 Å². The zero-order valence-electron chi connectivity index (χ0n) is 21.8. The van der Waals surface area contributed by atoms with Gasteiger partial charge in [0.15, 0.2) is 0 Å². The number of H-pyrrole nitrogens is 2. The van der Waals surface area contributed by atoms with Crippen LogP contribution >= 0.6 is 0 Å². The maximum Gasteiger partial charge on any atom is 0.127 e. The first-order valence-corrected chi connectivity index (χ1v) is 13.6. The number of nitrogens with zero attached hydrogens (tertiary/aromatic N) is 4. The molecule has 1 aromatic carbocycles. The molecule has 8 nitrogen and oxygen atoms in total. The van der Waals surface area contributed by atoms with Gasteiger partial charge in [-0.15, -0.1) is 0 Å². The molecular weight excluding hydrogens is 505 g/mol. The van der Waals surface area contributed by atoms with Crippen LogP contribution in [0.25, 0.3) is 55.6 Å². The van der Waals surface area contributed by atoms with Crippen molar-refractivity contribution in [3.63, 3.8) is 0 Å². The summed E-state index contributed by atoms with van der Waals surface area (Å²) >= 11 is 0. The fraction of sp³-hybridized carbons (Fsp3) is 0.226. The lowest BCUT2D eigenvalue weighted by Crippen LogP contribution is -2.20. The Balaban J connectivity index is 1.21. The maximum atomic E-state index is 14.0. The molecule has 0 radical (unpaired) electrons. The van der Waals surface area contributed by atoms with E-state index < -0.39 is 5.82 Å². The van der Waals surface area contributed by atoms with Gasteiger partial charge in [-0.05, 0) is 66.8 Å². The number of nitrogens with one attached hydrogen (secondary N) is 3. The Morgan fingerprint density at radius 2 is 1.75 bits per heavy atom. The molecule has 0 aliphatic heterocycles. The molecule has 0 saturated heterocycles. The Kier molecular flexibility index (Phi) is 6.20. The summed E-state index contributed by atoms with van der Waals surface area (Å²) in [6.45, 7) is 1.83. The monoisotopic (exact) mass is 533 g/mol. The molecule has 0 atom stereocenters. The highest BCUT2D eigenvalue weighted by Gasteiger charge is 2.17. The summed E-state index contributed by atoms with van der Waals surface area (Å²) in [7, 11) is 0. The summed E-state index contributed by atoms with van der Waals surface area (Å²) < 4.78 is 14.0. The molecule has 1 saturated carbocycles. The number of hydrogen-bond acceptors (Lipinski definition) is 6. The van der Waals surface area contributed by atoms with Gasteiger partial charge in [0.05, 0.1) is 34.8 Å². The van der Waals surface area contributed by atoms with E-state index in [2.05, 4.69) is 41.5 Å². The summed E-state index contributed by atoms with van der Waals surface area (Å²) in [6, 6.07) is 10.1. The first kappa shape index (κ1) is 24.4. The van der Waals surface area contributed by atoms with Crippen LogP contribution in [0.2, 0.25) is 0 Å². The van der Waals surface area contributed by atoms with Crippen LogP contribution < -0.4 is 5.32 Å². The molecule has 5 aromatic heterocycles. The number of pyridine rings is 3. The van der Waals surface area contributed by atoms with Crippen LogP contribution in [0, 0.1) is 11.7 Å². The second-order valence-electron chi connectivity index (χ2n) is 10.6. The average molecular weight is 534 g/mol. The topological polar surface area (TPSA) is 115 Å². The maximum absolute atomic E-state index is 14.0. The number of benzene rings is 1.